The van der Waals surface area contributed by atoms with Gasteiger partial charge in [0.2, 0.25) is 0 Å². The van der Waals surface area contributed by atoms with E-state index in [0.29, 0.717) is 5.82 Å². The van der Waals surface area contributed by atoms with Crippen LogP contribution in [0.4, 0.5) is 11.6 Å². The average molecular weight is 296 g/mol. The third kappa shape index (κ3) is 2.26. The third-order valence-electron chi connectivity index (χ3n) is 3.00. The second kappa shape index (κ2) is 5.24. The Morgan fingerprint density at radius 2 is 1.73 bits per heavy atom. The highest BCUT2D eigenvalue weighted by atomic mass is 16.5. The highest BCUT2D eigenvalue weighted by molar-refractivity contribution is 5.95. The third-order valence-corrected chi connectivity index (χ3v) is 3.00. The van der Waals surface area contributed by atoms with Gasteiger partial charge < -0.3 is 16.2 Å². The van der Waals surface area contributed by atoms with Crippen LogP contribution in [0.2, 0.25) is 0 Å². The largest absolute Gasteiger partial charge is 0.464 e. The van der Waals surface area contributed by atoms with Crippen molar-refractivity contribution >= 4 is 28.8 Å². The van der Waals surface area contributed by atoms with Crippen molar-refractivity contribution < 1.29 is 9.53 Å². The molecule has 0 unspecified atom stereocenters. The topological polar surface area (TPSA) is 130 Å². The fourth-order valence-corrected chi connectivity index (χ4v) is 1.94. The monoisotopic (exact) mass is 296 g/mol. The molecule has 0 fully saturated rings. The highest BCUT2D eigenvalue weighted by Crippen LogP contribution is 2.22. The molecule has 8 nitrogen and oxygen atoms in total. The van der Waals surface area contributed by atoms with Crippen molar-refractivity contribution in [3.63, 3.8) is 0 Å². The van der Waals surface area contributed by atoms with Crippen LogP contribution in [-0.2, 0) is 4.74 Å². The molecule has 3 aromatic rings. The number of ether oxygens (including phenoxy) is 1. The zero-order chi connectivity index (χ0) is 15.7. The van der Waals surface area contributed by atoms with Gasteiger partial charge in [-0.3, -0.25) is 0 Å². The predicted octanol–water partition coefficient (Wildman–Crippen LogP) is 1.04. The second-order valence-corrected chi connectivity index (χ2v) is 4.42. The van der Waals surface area contributed by atoms with Gasteiger partial charge in [0.25, 0.3) is 0 Å². The van der Waals surface area contributed by atoms with Gasteiger partial charge in [0.1, 0.15) is 0 Å². The van der Waals surface area contributed by atoms with E-state index in [1.165, 1.54) is 7.11 Å². The van der Waals surface area contributed by atoms with E-state index in [0.717, 1.165) is 5.56 Å². The number of carbonyl (C=O) groups is 1. The Kier molecular flexibility index (Phi) is 3.26. The molecule has 110 valence electrons. The summed E-state index contributed by atoms with van der Waals surface area (Å²) in [6.45, 7) is 0. The lowest BCUT2D eigenvalue weighted by Gasteiger charge is -2.07. The zero-order valence-electron chi connectivity index (χ0n) is 11.6. The molecule has 0 spiro atoms. The summed E-state index contributed by atoms with van der Waals surface area (Å²) < 4.78 is 4.60. The quantitative estimate of drug-likeness (QED) is 0.671. The number of esters is 1. The Morgan fingerprint density at radius 1 is 1.00 bits per heavy atom. The molecule has 0 amide bonds. The van der Waals surface area contributed by atoms with Crippen LogP contribution in [0.3, 0.4) is 0 Å². The summed E-state index contributed by atoms with van der Waals surface area (Å²) in [6, 6.07) is 9.30. The highest BCUT2D eigenvalue weighted by Gasteiger charge is 2.18. The summed E-state index contributed by atoms with van der Waals surface area (Å²) in [7, 11) is 1.23. The summed E-state index contributed by atoms with van der Waals surface area (Å²) in [6.07, 6.45) is 0. The summed E-state index contributed by atoms with van der Waals surface area (Å²) in [5, 5.41) is 0. The number of methoxy groups -OCH3 is 1. The lowest BCUT2D eigenvalue weighted by atomic mass is 10.2. The number of benzene rings is 1. The van der Waals surface area contributed by atoms with Crippen LogP contribution < -0.4 is 11.5 Å². The molecular formula is C14H12N6O2. The van der Waals surface area contributed by atoms with E-state index in [-0.39, 0.29) is 28.5 Å². The minimum absolute atomic E-state index is 0.0727. The number of nitrogens with zero attached hydrogens (tertiary/aromatic N) is 4. The maximum absolute atomic E-state index is 11.6. The van der Waals surface area contributed by atoms with Crippen molar-refractivity contribution in [2.75, 3.05) is 18.6 Å². The number of nitrogens with two attached hydrogens (primary N) is 2. The first-order valence-corrected chi connectivity index (χ1v) is 6.34. The number of hydrogen-bond acceptors (Lipinski definition) is 8. The van der Waals surface area contributed by atoms with Gasteiger partial charge in [-0.05, 0) is 0 Å². The molecule has 0 aliphatic carbocycles. The van der Waals surface area contributed by atoms with Crippen molar-refractivity contribution in [1.82, 2.24) is 19.9 Å². The van der Waals surface area contributed by atoms with E-state index in [1.807, 2.05) is 30.3 Å². The van der Waals surface area contributed by atoms with Crippen molar-refractivity contribution in [2.24, 2.45) is 0 Å². The Hall–Kier alpha value is -3.29. The normalized spacial score (nSPS) is 10.6. The Morgan fingerprint density at radius 3 is 2.41 bits per heavy atom. The number of fused-ring (bicyclic) bond motifs is 1. The molecule has 2 heterocycles. The van der Waals surface area contributed by atoms with E-state index in [4.69, 9.17) is 11.5 Å². The van der Waals surface area contributed by atoms with E-state index >= 15 is 0 Å². The van der Waals surface area contributed by atoms with Gasteiger partial charge in [-0.2, -0.15) is 0 Å². The minimum atomic E-state index is -0.696. The standard InChI is InChI=1S/C14H12N6O2/c1-22-14(21)9-11(16)19-13-8(17-9)10(15)18-12(20-13)7-5-3-2-4-6-7/h2-6H,1H3,(H4,15,16,18,19,20). The molecule has 8 heteroatoms. The van der Waals surface area contributed by atoms with Crippen LogP contribution in [0, 0.1) is 0 Å². The molecule has 2 aromatic heterocycles. The summed E-state index contributed by atoms with van der Waals surface area (Å²) >= 11 is 0. The molecule has 3 rings (SSSR count). The number of hydrogen-bond donors (Lipinski definition) is 2. The number of anilines is 2. The van der Waals surface area contributed by atoms with Crippen LogP contribution >= 0.6 is 0 Å². The van der Waals surface area contributed by atoms with Gasteiger partial charge in [0.05, 0.1) is 7.11 Å². The molecule has 0 radical (unpaired) electrons. The molecule has 0 saturated heterocycles. The first-order chi connectivity index (χ1) is 10.6. The number of rotatable bonds is 2. The van der Waals surface area contributed by atoms with Crippen molar-refractivity contribution in [3.05, 3.63) is 36.0 Å². The van der Waals surface area contributed by atoms with E-state index in [2.05, 4.69) is 24.7 Å². The predicted molar refractivity (Wildman–Crippen MR) is 80.7 cm³/mol. The first kappa shape index (κ1) is 13.7. The molecule has 22 heavy (non-hydrogen) atoms. The SMILES string of the molecule is COC(=O)c1nc2c(N)nc(-c3ccccc3)nc2nc1N. The fraction of sp³-hybridized carbons (Fsp3) is 0.0714. The first-order valence-electron chi connectivity index (χ1n) is 6.34. The van der Waals surface area contributed by atoms with Gasteiger partial charge in [-0.1, -0.05) is 30.3 Å². The Bertz CT molecular complexity index is 866. The van der Waals surface area contributed by atoms with E-state index in [9.17, 15) is 4.79 Å². The summed E-state index contributed by atoms with van der Waals surface area (Å²) in [5.74, 6) is -0.249. The van der Waals surface area contributed by atoms with E-state index < -0.39 is 5.97 Å². The van der Waals surface area contributed by atoms with Gasteiger partial charge in [0.15, 0.2) is 34.3 Å². The molecule has 0 saturated carbocycles. The second-order valence-electron chi connectivity index (χ2n) is 4.42. The van der Waals surface area contributed by atoms with Gasteiger partial charge in [0, 0.05) is 5.56 Å². The molecule has 0 atom stereocenters. The average Bonchev–Trinajstić information content (AvgIpc) is 2.54. The molecule has 4 N–H and O–H groups in total. The lowest BCUT2D eigenvalue weighted by Crippen LogP contribution is -2.12. The summed E-state index contributed by atoms with van der Waals surface area (Å²) in [5.41, 5.74) is 12.7. The maximum Gasteiger partial charge on any atom is 0.360 e. The van der Waals surface area contributed by atoms with Gasteiger partial charge in [-0.25, -0.2) is 24.7 Å². The van der Waals surface area contributed by atoms with Crippen molar-refractivity contribution in [1.29, 1.82) is 0 Å². The maximum atomic E-state index is 11.6. The molecule has 0 aliphatic rings. The van der Waals surface area contributed by atoms with Crippen LogP contribution in [0.25, 0.3) is 22.6 Å². The van der Waals surface area contributed by atoms with E-state index in [1.54, 1.807) is 0 Å². The Balaban J connectivity index is 2.22. The fourth-order valence-electron chi connectivity index (χ4n) is 1.94. The number of aromatic nitrogens is 4. The molecule has 0 bridgehead atoms. The number of nitrogen functional groups attached to an aromatic ring is 2. The van der Waals surface area contributed by atoms with Crippen molar-refractivity contribution in [2.45, 2.75) is 0 Å². The van der Waals surface area contributed by atoms with Gasteiger partial charge in [-0.15, -0.1) is 0 Å². The molecule has 1 aromatic carbocycles. The van der Waals surface area contributed by atoms with Crippen LogP contribution in [0.5, 0.6) is 0 Å². The molecule has 0 aliphatic heterocycles. The summed E-state index contributed by atoms with van der Waals surface area (Å²) in [4.78, 5) is 28.2. The Labute approximate surface area is 125 Å². The van der Waals surface area contributed by atoms with Crippen LogP contribution in [-0.4, -0.2) is 33.0 Å². The number of carbonyl (C=O) groups excluding carboxylic acids is 1. The van der Waals surface area contributed by atoms with Crippen LogP contribution in [0.1, 0.15) is 10.5 Å². The van der Waals surface area contributed by atoms with Gasteiger partial charge >= 0.3 is 5.97 Å². The molecular weight excluding hydrogens is 284 g/mol. The smallest absolute Gasteiger partial charge is 0.360 e. The van der Waals surface area contributed by atoms with Crippen molar-refractivity contribution in [3.8, 4) is 11.4 Å². The minimum Gasteiger partial charge on any atom is -0.464 e. The van der Waals surface area contributed by atoms with Crippen LogP contribution in [0.15, 0.2) is 30.3 Å². The lowest BCUT2D eigenvalue weighted by molar-refractivity contribution is 0.0595. The zero-order valence-corrected chi connectivity index (χ0v) is 11.6.